The summed E-state index contributed by atoms with van der Waals surface area (Å²) in [7, 11) is 1.35. The van der Waals surface area contributed by atoms with Gasteiger partial charge in [0.1, 0.15) is 12.1 Å². The molecule has 0 N–H and O–H groups in total. The van der Waals surface area contributed by atoms with Crippen molar-refractivity contribution < 1.29 is 19.1 Å². The van der Waals surface area contributed by atoms with Crippen molar-refractivity contribution in [2.45, 2.75) is 49.6 Å². The fraction of sp³-hybridized carbons (Fsp3) is 0.786. The highest BCUT2D eigenvalue weighted by molar-refractivity contribution is 8.00. The van der Waals surface area contributed by atoms with E-state index in [1.807, 2.05) is 11.8 Å². The van der Waals surface area contributed by atoms with Gasteiger partial charge < -0.3 is 14.5 Å². The van der Waals surface area contributed by atoms with Gasteiger partial charge in [-0.1, -0.05) is 0 Å². The second-order valence-electron chi connectivity index (χ2n) is 5.89. The van der Waals surface area contributed by atoms with Crippen LogP contribution < -0.4 is 0 Å². The zero-order valence-corrected chi connectivity index (χ0v) is 13.1. The van der Waals surface area contributed by atoms with Crippen molar-refractivity contribution in [3.63, 3.8) is 0 Å². The second-order valence-corrected chi connectivity index (χ2v) is 7.23. The lowest BCUT2D eigenvalue weighted by molar-refractivity contribution is -0.154. The minimum Gasteiger partial charge on any atom is -0.467 e. The molecular weight excluding hydrogens is 292 g/mol. The quantitative estimate of drug-likeness (QED) is 0.650. The van der Waals surface area contributed by atoms with Crippen molar-refractivity contribution in [3.05, 3.63) is 0 Å². The van der Waals surface area contributed by atoms with E-state index in [2.05, 4.69) is 0 Å². The molecular formula is C14H20N2O4S. The van der Waals surface area contributed by atoms with Gasteiger partial charge in [-0.3, -0.25) is 9.59 Å². The molecule has 0 aromatic heterocycles. The SMILES string of the molecule is COC(=O)[C@@H]1CC[C@H]2CS[C@H]3C[C@@H](C(=O)N21)N(C(C)=O)C3. The molecule has 0 spiro atoms. The molecule has 0 radical (unpaired) electrons. The van der Waals surface area contributed by atoms with Crippen LogP contribution in [0.25, 0.3) is 0 Å². The van der Waals surface area contributed by atoms with Crippen molar-refractivity contribution in [1.29, 1.82) is 0 Å². The van der Waals surface area contributed by atoms with Crippen LogP contribution in [0.5, 0.6) is 0 Å². The van der Waals surface area contributed by atoms with Gasteiger partial charge in [0.25, 0.3) is 0 Å². The molecule has 116 valence electrons. The largest absolute Gasteiger partial charge is 0.467 e. The zero-order valence-electron chi connectivity index (χ0n) is 12.3. The summed E-state index contributed by atoms with van der Waals surface area (Å²) in [5.74, 6) is 0.345. The molecule has 0 aliphatic carbocycles. The molecule has 2 amide bonds. The highest BCUT2D eigenvalue weighted by atomic mass is 32.2. The smallest absolute Gasteiger partial charge is 0.328 e. The molecule has 3 aliphatic rings. The Labute approximate surface area is 128 Å². The Hall–Kier alpha value is -1.24. The number of amides is 2. The average molecular weight is 312 g/mol. The van der Waals surface area contributed by atoms with E-state index in [4.69, 9.17) is 4.74 Å². The molecule has 3 saturated heterocycles. The van der Waals surface area contributed by atoms with Crippen molar-refractivity contribution in [3.8, 4) is 0 Å². The fourth-order valence-corrected chi connectivity index (χ4v) is 5.07. The molecule has 2 bridgehead atoms. The Morgan fingerprint density at radius 1 is 1.33 bits per heavy atom. The van der Waals surface area contributed by atoms with E-state index in [1.165, 1.54) is 14.0 Å². The number of hydrogen-bond acceptors (Lipinski definition) is 5. The first-order chi connectivity index (χ1) is 10.0. The summed E-state index contributed by atoms with van der Waals surface area (Å²) in [6.45, 7) is 2.14. The molecule has 21 heavy (non-hydrogen) atoms. The van der Waals surface area contributed by atoms with Gasteiger partial charge in [0.15, 0.2) is 0 Å². The topological polar surface area (TPSA) is 66.9 Å². The molecule has 3 rings (SSSR count). The fourth-order valence-electron chi connectivity index (χ4n) is 3.67. The summed E-state index contributed by atoms with van der Waals surface area (Å²) >= 11 is 1.82. The Morgan fingerprint density at radius 3 is 2.76 bits per heavy atom. The van der Waals surface area contributed by atoms with Gasteiger partial charge in [-0.25, -0.2) is 4.79 Å². The number of fused-ring (bicyclic) bond motifs is 3. The van der Waals surface area contributed by atoms with E-state index < -0.39 is 12.1 Å². The predicted molar refractivity (Wildman–Crippen MR) is 77.7 cm³/mol. The van der Waals surface area contributed by atoms with Crippen LogP contribution in [0.1, 0.15) is 26.2 Å². The predicted octanol–water partition coefficient (Wildman–Crippen LogP) is 0.255. The Morgan fingerprint density at radius 2 is 2.10 bits per heavy atom. The van der Waals surface area contributed by atoms with E-state index in [0.717, 1.165) is 12.2 Å². The van der Waals surface area contributed by atoms with Gasteiger partial charge >= 0.3 is 5.97 Å². The lowest BCUT2D eigenvalue weighted by Gasteiger charge is -2.34. The first kappa shape index (κ1) is 14.7. The molecule has 0 saturated carbocycles. The van der Waals surface area contributed by atoms with Crippen molar-refractivity contribution in [2.24, 2.45) is 0 Å². The Kier molecular flexibility index (Phi) is 3.86. The Bertz CT molecular complexity index is 484. The molecule has 4 atom stereocenters. The van der Waals surface area contributed by atoms with E-state index in [-0.39, 0.29) is 23.8 Å². The van der Waals surface area contributed by atoms with Gasteiger partial charge in [-0.05, 0) is 19.3 Å². The number of thioether (sulfide) groups is 1. The normalized spacial score (nSPS) is 35.2. The lowest BCUT2D eigenvalue weighted by atomic mass is 10.1. The van der Waals surface area contributed by atoms with Crippen LogP contribution in [-0.2, 0) is 19.1 Å². The van der Waals surface area contributed by atoms with Crippen LogP contribution in [0.3, 0.4) is 0 Å². The third-order valence-electron chi connectivity index (χ3n) is 4.71. The van der Waals surface area contributed by atoms with Gasteiger partial charge in [0.05, 0.1) is 7.11 Å². The number of carbonyl (C=O) groups excluding carboxylic acids is 3. The van der Waals surface area contributed by atoms with Crippen LogP contribution >= 0.6 is 11.8 Å². The maximum Gasteiger partial charge on any atom is 0.328 e. The summed E-state index contributed by atoms with van der Waals surface area (Å²) in [5, 5.41) is 0.335. The average Bonchev–Trinajstić information content (AvgIpc) is 3.06. The van der Waals surface area contributed by atoms with Crippen LogP contribution in [0, 0.1) is 0 Å². The van der Waals surface area contributed by atoms with Gasteiger partial charge in [0.2, 0.25) is 11.8 Å². The maximum absolute atomic E-state index is 12.9. The standard InChI is InChI=1S/C14H20N2O4S/c1-8(17)15-6-10-5-12(15)13(18)16-9(7-21-10)3-4-11(16)14(19)20-2/h9-12H,3-7H2,1-2H3/t9-,10-,11-,12-/m0/s1. The van der Waals surface area contributed by atoms with Gasteiger partial charge in [0, 0.05) is 30.5 Å². The summed E-state index contributed by atoms with van der Waals surface area (Å²) in [6.07, 6.45) is 2.18. The number of esters is 1. The van der Waals surface area contributed by atoms with Crippen LogP contribution in [0.2, 0.25) is 0 Å². The monoisotopic (exact) mass is 312 g/mol. The number of methoxy groups -OCH3 is 1. The minimum atomic E-state index is -0.487. The summed E-state index contributed by atoms with van der Waals surface area (Å²) in [5.41, 5.74) is 0. The second kappa shape index (κ2) is 5.51. The molecule has 0 aromatic rings. The number of carbonyl (C=O) groups is 3. The third-order valence-corrected chi connectivity index (χ3v) is 6.10. The van der Waals surface area contributed by atoms with Crippen molar-refractivity contribution in [2.75, 3.05) is 19.4 Å². The van der Waals surface area contributed by atoms with Crippen LogP contribution in [-0.4, -0.2) is 70.4 Å². The van der Waals surface area contributed by atoms with E-state index in [1.54, 1.807) is 9.80 Å². The highest BCUT2D eigenvalue weighted by Crippen LogP contribution is 2.38. The minimum absolute atomic E-state index is 0.0660. The summed E-state index contributed by atoms with van der Waals surface area (Å²) in [4.78, 5) is 40.0. The molecule has 0 aromatic carbocycles. The lowest BCUT2D eigenvalue weighted by Crippen LogP contribution is -2.54. The highest BCUT2D eigenvalue weighted by Gasteiger charge is 2.49. The van der Waals surface area contributed by atoms with Crippen LogP contribution in [0.4, 0.5) is 0 Å². The number of hydrogen-bond donors (Lipinski definition) is 0. The molecule has 0 unspecified atom stereocenters. The Balaban J connectivity index is 1.89. The van der Waals surface area contributed by atoms with Gasteiger partial charge in [-0.15, -0.1) is 0 Å². The first-order valence-corrected chi connectivity index (χ1v) is 8.36. The third kappa shape index (κ3) is 2.41. The van der Waals surface area contributed by atoms with E-state index in [0.29, 0.717) is 24.6 Å². The van der Waals surface area contributed by atoms with Crippen LogP contribution in [0.15, 0.2) is 0 Å². The number of rotatable bonds is 1. The number of ether oxygens (including phenoxy) is 1. The molecule has 6 nitrogen and oxygen atoms in total. The summed E-state index contributed by atoms with van der Waals surface area (Å²) in [6, 6.07) is -0.809. The van der Waals surface area contributed by atoms with Crippen molar-refractivity contribution in [1.82, 2.24) is 9.80 Å². The number of likely N-dealkylation sites (tertiary alicyclic amines) is 1. The van der Waals surface area contributed by atoms with E-state index in [9.17, 15) is 14.4 Å². The van der Waals surface area contributed by atoms with E-state index >= 15 is 0 Å². The molecule has 3 aliphatic heterocycles. The van der Waals surface area contributed by atoms with Gasteiger partial charge in [-0.2, -0.15) is 11.8 Å². The maximum atomic E-state index is 12.9. The number of nitrogens with zero attached hydrogens (tertiary/aromatic N) is 2. The summed E-state index contributed by atoms with van der Waals surface area (Å²) < 4.78 is 4.84. The molecule has 3 fully saturated rings. The zero-order chi connectivity index (χ0) is 15.1. The molecule has 3 heterocycles. The van der Waals surface area contributed by atoms with Crippen molar-refractivity contribution >= 4 is 29.5 Å². The first-order valence-electron chi connectivity index (χ1n) is 7.31. The molecule has 7 heteroatoms.